The lowest BCUT2D eigenvalue weighted by atomic mass is 9.86. The molecule has 1 aromatic rings. The van der Waals surface area contributed by atoms with Gasteiger partial charge in [-0.15, -0.1) is 0 Å². The molecule has 0 spiro atoms. The maximum atomic E-state index is 12.4. The summed E-state index contributed by atoms with van der Waals surface area (Å²) in [4.78, 5) is 23.1. The molecule has 2 rings (SSSR count). The molecule has 0 bridgehead atoms. The summed E-state index contributed by atoms with van der Waals surface area (Å²) in [6, 6.07) is 5.61. The van der Waals surface area contributed by atoms with E-state index in [4.69, 9.17) is 16.7 Å². The van der Waals surface area contributed by atoms with E-state index in [1.165, 1.54) is 31.3 Å². The topological polar surface area (TPSA) is 104 Å². The second-order valence-corrected chi connectivity index (χ2v) is 8.65. The fourth-order valence-electron chi connectivity index (χ4n) is 2.83. The van der Waals surface area contributed by atoms with Crippen molar-refractivity contribution in [3.05, 3.63) is 29.3 Å². The van der Waals surface area contributed by atoms with Gasteiger partial charge in [-0.3, -0.25) is 9.59 Å². The molecule has 1 aliphatic rings. The molecule has 0 unspecified atom stereocenters. The molecule has 9 heteroatoms. The summed E-state index contributed by atoms with van der Waals surface area (Å²) in [6.45, 7) is -0.302. The van der Waals surface area contributed by atoms with Crippen LogP contribution in [0.15, 0.2) is 29.2 Å². The highest BCUT2D eigenvalue weighted by Gasteiger charge is 2.28. The zero-order valence-electron chi connectivity index (χ0n) is 13.8. The lowest BCUT2D eigenvalue weighted by molar-refractivity contribution is -0.142. The molecule has 0 saturated heterocycles. The van der Waals surface area contributed by atoms with E-state index in [0.29, 0.717) is 30.7 Å². The quantitative estimate of drug-likeness (QED) is 0.772. The predicted octanol–water partition coefficient (Wildman–Crippen LogP) is 1.72. The minimum absolute atomic E-state index is 0.0640. The number of carbonyl (C=O) groups excluding carboxylic acids is 1. The van der Waals surface area contributed by atoms with Gasteiger partial charge in [0.1, 0.15) is 0 Å². The lowest BCUT2D eigenvalue weighted by Crippen LogP contribution is -2.44. The Balaban J connectivity index is 1.89. The number of hydrogen-bond donors (Lipinski definition) is 2. The zero-order chi connectivity index (χ0) is 18.6. The average molecular weight is 389 g/mol. The molecule has 0 radical (unpaired) electrons. The Morgan fingerprint density at radius 2 is 1.76 bits per heavy atom. The molecule has 0 heterocycles. The zero-order valence-corrected chi connectivity index (χ0v) is 15.4. The summed E-state index contributed by atoms with van der Waals surface area (Å²) >= 11 is 5.75. The first-order chi connectivity index (χ1) is 11.7. The SMILES string of the molecule is CN(CC(=O)NC1CCC(C(=O)O)CC1)S(=O)(=O)c1ccc(Cl)cc1. The average Bonchev–Trinajstić information content (AvgIpc) is 2.55. The monoisotopic (exact) mass is 388 g/mol. The molecule has 0 atom stereocenters. The minimum atomic E-state index is -3.78. The van der Waals surface area contributed by atoms with Gasteiger partial charge in [0.2, 0.25) is 15.9 Å². The summed E-state index contributed by atoms with van der Waals surface area (Å²) in [5, 5.41) is 12.2. The molecule has 0 aliphatic heterocycles. The third-order valence-electron chi connectivity index (χ3n) is 4.33. The van der Waals surface area contributed by atoms with Crippen LogP contribution in [0.3, 0.4) is 0 Å². The number of benzene rings is 1. The third-order valence-corrected chi connectivity index (χ3v) is 6.40. The van der Waals surface area contributed by atoms with Crippen molar-refractivity contribution >= 4 is 33.5 Å². The number of aliphatic carboxylic acids is 1. The predicted molar refractivity (Wildman–Crippen MR) is 92.8 cm³/mol. The van der Waals surface area contributed by atoms with E-state index < -0.39 is 21.9 Å². The van der Waals surface area contributed by atoms with Gasteiger partial charge in [-0.05, 0) is 49.9 Å². The lowest BCUT2D eigenvalue weighted by Gasteiger charge is -2.27. The fraction of sp³-hybridized carbons (Fsp3) is 0.500. The van der Waals surface area contributed by atoms with E-state index in [0.717, 1.165) is 4.31 Å². The molecule has 138 valence electrons. The standard InChI is InChI=1S/C16H21ClN2O5S/c1-19(25(23,24)14-8-4-12(17)5-9-14)10-15(20)18-13-6-2-11(3-7-13)16(21)22/h4-5,8-9,11,13H,2-3,6-7,10H2,1H3,(H,18,20)(H,21,22). The highest BCUT2D eigenvalue weighted by Crippen LogP contribution is 2.24. The summed E-state index contributed by atoms with van der Waals surface area (Å²) in [7, 11) is -2.44. The molecule has 1 saturated carbocycles. The number of halogens is 1. The minimum Gasteiger partial charge on any atom is -0.481 e. The van der Waals surface area contributed by atoms with E-state index in [9.17, 15) is 18.0 Å². The Morgan fingerprint density at radius 1 is 1.20 bits per heavy atom. The molecule has 1 fully saturated rings. The van der Waals surface area contributed by atoms with Crippen molar-refractivity contribution in [2.24, 2.45) is 5.92 Å². The van der Waals surface area contributed by atoms with Crippen molar-refractivity contribution in [3.8, 4) is 0 Å². The van der Waals surface area contributed by atoms with Gasteiger partial charge in [-0.2, -0.15) is 4.31 Å². The van der Waals surface area contributed by atoms with Crippen molar-refractivity contribution < 1.29 is 23.1 Å². The molecule has 1 aromatic carbocycles. The third kappa shape index (κ3) is 5.17. The van der Waals surface area contributed by atoms with Gasteiger partial charge in [-0.1, -0.05) is 11.6 Å². The second kappa shape index (κ2) is 8.16. The van der Waals surface area contributed by atoms with Crippen LogP contribution in [0, 0.1) is 5.92 Å². The van der Waals surface area contributed by atoms with Gasteiger partial charge in [0.25, 0.3) is 0 Å². The van der Waals surface area contributed by atoms with Crippen LogP contribution in [-0.4, -0.2) is 49.3 Å². The first kappa shape index (κ1) is 19.7. The number of likely N-dealkylation sites (N-methyl/N-ethyl adjacent to an activating group) is 1. The highest BCUT2D eigenvalue weighted by molar-refractivity contribution is 7.89. The Bertz CT molecular complexity index is 727. The highest BCUT2D eigenvalue weighted by atomic mass is 35.5. The number of carboxylic acid groups (broad SMARTS) is 1. The van der Waals surface area contributed by atoms with E-state index in [2.05, 4.69) is 5.32 Å². The van der Waals surface area contributed by atoms with Crippen molar-refractivity contribution in [2.45, 2.75) is 36.6 Å². The number of nitrogens with one attached hydrogen (secondary N) is 1. The first-order valence-electron chi connectivity index (χ1n) is 7.94. The molecule has 1 amide bonds. The first-order valence-corrected chi connectivity index (χ1v) is 9.76. The van der Waals surface area contributed by atoms with Gasteiger partial charge in [0, 0.05) is 18.1 Å². The normalized spacial score (nSPS) is 21.1. The Labute approximate surface area is 152 Å². The van der Waals surface area contributed by atoms with Gasteiger partial charge in [0.15, 0.2) is 0 Å². The molecule has 2 N–H and O–H groups in total. The van der Waals surface area contributed by atoms with Crippen LogP contribution in [-0.2, 0) is 19.6 Å². The van der Waals surface area contributed by atoms with Gasteiger partial charge >= 0.3 is 5.97 Å². The smallest absolute Gasteiger partial charge is 0.306 e. The summed E-state index contributed by atoms with van der Waals surface area (Å²) in [5.74, 6) is -1.57. The number of carbonyl (C=O) groups is 2. The number of carboxylic acids is 1. The fourth-order valence-corrected chi connectivity index (χ4v) is 4.08. The van der Waals surface area contributed by atoms with Crippen LogP contribution in [0.1, 0.15) is 25.7 Å². The van der Waals surface area contributed by atoms with E-state index in [1.807, 2.05) is 0 Å². The summed E-state index contributed by atoms with van der Waals surface area (Å²) in [5.41, 5.74) is 0. The van der Waals surface area contributed by atoms with Gasteiger partial charge < -0.3 is 10.4 Å². The van der Waals surface area contributed by atoms with Gasteiger partial charge in [-0.25, -0.2) is 8.42 Å². The molecule has 0 aromatic heterocycles. The van der Waals surface area contributed by atoms with Crippen molar-refractivity contribution in [2.75, 3.05) is 13.6 Å². The molecule has 25 heavy (non-hydrogen) atoms. The molecular weight excluding hydrogens is 368 g/mol. The second-order valence-electron chi connectivity index (χ2n) is 6.17. The van der Waals surface area contributed by atoms with Crippen molar-refractivity contribution in [3.63, 3.8) is 0 Å². The Hall–Kier alpha value is -1.64. The van der Waals surface area contributed by atoms with Crippen molar-refractivity contribution in [1.29, 1.82) is 0 Å². The number of nitrogens with zero attached hydrogens (tertiary/aromatic N) is 1. The van der Waals surface area contributed by atoms with Crippen LogP contribution in [0.5, 0.6) is 0 Å². The largest absolute Gasteiger partial charge is 0.481 e. The van der Waals surface area contributed by atoms with Crippen LogP contribution in [0.4, 0.5) is 0 Å². The van der Waals surface area contributed by atoms with Gasteiger partial charge in [0.05, 0.1) is 17.4 Å². The Kier molecular flexibility index (Phi) is 6.42. The molecule has 1 aliphatic carbocycles. The van der Waals surface area contributed by atoms with Crippen LogP contribution in [0.25, 0.3) is 0 Å². The number of rotatable bonds is 6. The maximum absolute atomic E-state index is 12.4. The summed E-state index contributed by atoms with van der Waals surface area (Å²) in [6.07, 6.45) is 2.19. The van der Waals surface area contributed by atoms with E-state index >= 15 is 0 Å². The number of hydrogen-bond acceptors (Lipinski definition) is 4. The Morgan fingerprint density at radius 3 is 2.28 bits per heavy atom. The van der Waals surface area contributed by atoms with E-state index in [-0.39, 0.29) is 23.4 Å². The molecule has 7 nitrogen and oxygen atoms in total. The van der Waals surface area contributed by atoms with Crippen molar-refractivity contribution in [1.82, 2.24) is 9.62 Å². The summed E-state index contributed by atoms with van der Waals surface area (Å²) < 4.78 is 25.8. The van der Waals surface area contributed by atoms with E-state index in [1.54, 1.807) is 0 Å². The number of amides is 1. The van der Waals surface area contributed by atoms with Crippen LogP contribution < -0.4 is 5.32 Å². The number of sulfonamides is 1. The maximum Gasteiger partial charge on any atom is 0.306 e. The molecular formula is C16H21ClN2O5S. The van der Waals surface area contributed by atoms with Crippen LogP contribution >= 0.6 is 11.6 Å². The van der Waals surface area contributed by atoms with Crippen LogP contribution in [0.2, 0.25) is 5.02 Å².